The molecule has 1 saturated carbocycles. The van der Waals surface area contributed by atoms with Gasteiger partial charge in [0, 0.05) is 13.2 Å². The van der Waals surface area contributed by atoms with Gasteiger partial charge in [0.05, 0.1) is 24.0 Å². The average molecular weight is 423 g/mol. The Morgan fingerprint density at radius 2 is 2.00 bits per heavy atom. The molecule has 0 aromatic heterocycles. The molecule has 2 atom stereocenters. The first-order valence-corrected chi connectivity index (χ1v) is 11.5. The zero-order chi connectivity index (χ0) is 22.2. The number of nitrogens with zero attached hydrogens (tertiary/aromatic N) is 2. The van der Waals surface area contributed by atoms with E-state index in [-0.39, 0.29) is 11.9 Å². The van der Waals surface area contributed by atoms with Crippen molar-refractivity contribution < 1.29 is 9.69 Å². The predicted molar refractivity (Wildman–Crippen MR) is 124 cm³/mol. The zero-order valence-electron chi connectivity index (χ0n) is 19.1. The van der Waals surface area contributed by atoms with Crippen LogP contribution in [0, 0.1) is 5.41 Å². The minimum atomic E-state index is -0.446. The van der Waals surface area contributed by atoms with Crippen LogP contribution in [-0.4, -0.2) is 36.4 Å². The number of carbonyl (C=O) groups is 1. The van der Waals surface area contributed by atoms with Crippen molar-refractivity contribution in [2.24, 2.45) is 16.1 Å². The molecule has 31 heavy (non-hydrogen) atoms. The molecule has 1 aromatic carbocycles. The topological polar surface area (TPSA) is 75.2 Å². The predicted octanol–water partition coefficient (Wildman–Crippen LogP) is 2.26. The molecule has 0 bridgehead atoms. The van der Waals surface area contributed by atoms with E-state index in [2.05, 4.69) is 36.2 Å². The van der Waals surface area contributed by atoms with Crippen LogP contribution < -0.4 is 16.0 Å². The number of nitrogens with two attached hydrogens (primary N) is 1. The lowest BCUT2D eigenvalue weighted by Crippen LogP contribution is -3.14. The summed E-state index contributed by atoms with van der Waals surface area (Å²) in [4.78, 5) is 21.0. The molecular formula is C25H36N5O+. The van der Waals surface area contributed by atoms with E-state index in [0.29, 0.717) is 12.0 Å². The van der Waals surface area contributed by atoms with Gasteiger partial charge in [-0.15, -0.1) is 0 Å². The molecule has 4 rings (SSSR count). The van der Waals surface area contributed by atoms with Crippen LogP contribution in [0.3, 0.4) is 0 Å². The Hall–Kier alpha value is -2.60. The monoisotopic (exact) mass is 422 g/mol. The molecule has 1 amide bonds. The maximum atomic E-state index is 13.2. The molecule has 3 aliphatic rings. The lowest BCUT2D eigenvalue weighted by Gasteiger charge is -2.29. The highest BCUT2D eigenvalue weighted by atomic mass is 16.2. The second-order valence-electron chi connectivity index (χ2n) is 9.85. The van der Waals surface area contributed by atoms with Gasteiger partial charge in [-0.1, -0.05) is 24.3 Å². The first-order chi connectivity index (χ1) is 14.8. The number of nitrogens with one attached hydrogen (secondary N) is 2. The second kappa shape index (κ2) is 8.50. The maximum absolute atomic E-state index is 13.2. The Morgan fingerprint density at radius 1 is 1.29 bits per heavy atom. The van der Waals surface area contributed by atoms with Crippen molar-refractivity contribution in [1.82, 2.24) is 10.2 Å². The van der Waals surface area contributed by atoms with E-state index in [1.54, 1.807) is 4.90 Å². The normalized spacial score (nSPS) is 28.2. The first-order valence-electron chi connectivity index (χ1n) is 11.5. The lowest BCUT2D eigenvalue weighted by molar-refractivity contribution is -0.889. The van der Waals surface area contributed by atoms with Crippen LogP contribution in [0.25, 0.3) is 0 Å². The number of aryl methyl sites for hydroxylation is 1. The third-order valence-electron chi connectivity index (χ3n) is 7.18. The molecule has 166 valence electrons. The molecular weight excluding hydrogens is 386 g/mol. The highest BCUT2D eigenvalue weighted by Gasteiger charge is 2.45. The Balaban J connectivity index is 1.57. The Morgan fingerprint density at radius 3 is 2.74 bits per heavy atom. The van der Waals surface area contributed by atoms with Gasteiger partial charge in [-0.25, -0.2) is 4.99 Å². The minimum absolute atomic E-state index is 0.0818. The van der Waals surface area contributed by atoms with Crippen molar-refractivity contribution in [3.63, 3.8) is 0 Å². The maximum Gasteiger partial charge on any atom is 0.238 e. The number of fused-ring (bicyclic) bond motifs is 1. The Kier molecular flexibility index (Phi) is 5.93. The minimum Gasteiger partial charge on any atom is -0.370 e. The van der Waals surface area contributed by atoms with Gasteiger partial charge >= 0.3 is 0 Å². The third kappa shape index (κ3) is 4.26. The molecule has 6 heteroatoms. The van der Waals surface area contributed by atoms with Crippen LogP contribution in [0.2, 0.25) is 0 Å². The molecule has 2 aliphatic carbocycles. The Labute approximate surface area is 185 Å². The van der Waals surface area contributed by atoms with E-state index in [1.165, 1.54) is 41.7 Å². The number of aliphatic imine (C=N–C) groups is 1. The van der Waals surface area contributed by atoms with Crippen molar-refractivity contribution in [3.05, 3.63) is 59.6 Å². The van der Waals surface area contributed by atoms with Gasteiger partial charge in [-0.3, -0.25) is 9.69 Å². The summed E-state index contributed by atoms with van der Waals surface area (Å²) >= 11 is 0. The standard InChI is InChI=1S/C25H35N5O/c1-17-22(15-27-24(26)28-21-14-13-18-9-5-8-12-20(18)21)29(4)23(31)25(2,3)16-30(17)19-10-6-7-11-19/h5,8-9,12,15,19,21H,1,6-7,10-11,13-14,16H2,2-4H3,(H3,26,27,28)/p+1. The number of guanidine groups is 1. The summed E-state index contributed by atoms with van der Waals surface area (Å²) in [5, 5.41) is 3.16. The summed E-state index contributed by atoms with van der Waals surface area (Å²) in [5.41, 5.74) is 10.2. The molecule has 0 spiro atoms. The smallest absolute Gasteiger partial charge is 0.238 e. The SMILES string of the molecule is C=C1C(=CNC(N)=NC2CCc3ccccc32)N(C)C(=O)C(C)(C)C[NH+]1C1CCCC1. The zero-order valence-corrected chi connectivity index (χ0v) is 19.1. The average Bonchev–Trinajstić information content (AvgIpc) is 3.40. The van der Waals surface area contributed by atoms with Gasteiger partial charge in [0.2, 0.25) is 5.91 Å². The van der Waals surface area contributed by atoms with Crippen molar-refractivity contribution in [1.29, 1.82) is 0 Å². The number of quaternary nitrogens is 1. The van der Waals surface area contributed by atoms with Gasteiger partial charge in [0.25, 0.3) is 0 Å². The van der Waals surface area contributed by atoms with Crippen LogP contribution in [0.1, 0.15) is 63.1 Å². The molecule has 1 aromatic rings. The number of rotatable bonds is 3. The van der Waals surface area contributed by atoms with E-state index < -0.39 is 5.41 Å². The van der Waals surface area contributed by atoms with Crippen LogP contribution >= 0.6 is 0 Å². The van der Waals surface area contributed by atoms with Gasteiger partial charge in [-0.05, 0) is 70.1 Å². The van der Waals surface area contributed by atoms with Gasteiger partial charge in [0.15, 0.2) is 5.96 Å². The molecule has 2 fully saturated rings. The van der Waals surface area contributed by atoms with Gasteiger partial charge < -0.3 is 16.0 Å². The van der Waals surface area contributed by atoms with Crippen LogP contribution in [0.15, 0.2) is 53.4 Å². The quantitative estimate of drug-likeness (QED) is 0.517. The second-order valence-corrected chi connectivity index (χ2v) is 9.85. The fourth-order valence-corrected chi connectivity index (χ4v) is 5.45. The van der Waals surface area contributed by atoms with Gasteiger partial charge in [0.1, 0.15) is 11.4 Å². The largest absolute Gasteiger partial charge is 0.370 e. The highest BCUT2D eigenvalue weighted by Crippen LogP contribution is 2.33. The molecule has 2 unspecified atom stereocenters. The number of hydrogen-bond acceptors (Lipinski definition) is 2. The fourth-order valence-electron chi connectivity index (χ4n) is 5.45. The van der Waals surface area contributed by atoms with E-state index in [4.69, 9.17) is 10.7 Å². The van der Waals surface area contributed by atoms with E-state index in [9.17, 15) is 4.79 Å². The van der Waals surface area contributed by atoms with Crippen molar-refractivity contribution in [2.45, 2.75) is 64.5 Å². The van der Waals surface area contributed by atoms with Gasteiger partial charge in [-0.2, -0.15) is 0 Å². The van der Waals surface area contributed by atoms with E-state index in [1.807, 2.05) is 27.1 Å². The van der Waals surface area contributed by atoms with Crippen LogP contribution in [0.4, 0.5) is 0 Å². The summed E-state index contributed by atoms with van der Waals surface area (Å²) in [6.45, 7) is 9.27. The first kappa shape index (κ1) is 21.6. The number of benzene rings is 1. The molecule has 1 aliphatic heterocycles. The van der Waals surface area contributed by atoms with E-state index in [0.717, 1.165) is 30.8 Å². The van der Waals surface area contributed by atoms with E-state index >= 15 is 0 Å². The number of likely N-dealkylation sites (N-methyl/N-ethyl adjacent to an activating group) is 1. The number of carbonyl (C=O) groups excluding carboxylic acids is 1. The lowest BCUT2D eigenvalue weighted by atomic mass is 9.91. The molecule has 1 saturated heterocycles. The summed E-state index contributed by atoms with van der Waals surface area (Å²) in [7, 11) is 1.83. The number of hydrogen-bond donors (Lipinski definition) is 3. The highest BCUT2D eigenvalue weighted by molar-refractivity contribution is 5.85. The van der Waals surface area contributed by atoms with Crippen LogP contribution in [-0.2, 0) is 11.2 Å². The van der Waals surface area contributed by atoms with Crippen molar-refractivity contribution in [2.75, 3.05) is 13.6 Å². The molecule has 6 nitrogen and oxygen atoms in total. The molecule has 0 radical (unpaired) electrons. The molecule has 4 N–H and O–H groups in total. The molecule has 1 heterocycles. The summed E-state index contributed by atoms with van der Waals surface area (Å²) in [5.74, 6) is 0.476. The summed E-state index contributed by atoms with van der Waals surface area (Å²) < 4.78 is 0. The summed E-state index contributed by atoms with van der Waals surface area (Å²) in [6.07, 6.45) is 8.70. The third-order valence-corrected chi connectivity index (χ3v) is 7.18. The summed E-state index contributed by atoms with van der Waals surface area (Å²) in [6, 6.07) is 9.02. The Bertz CT molecular complexity index is 926. The number of amides is 1. The van der Waals surface area contributed by atoms with Crippen molar-refractivity contribution >= 4 is 11.9 Å². The van der Waals surface area contributed by atoms with Crippen molar-refractivity contribution in [3.8, 4) is 0 Å². The van der Waals surface area contributed by atoms with Crippen LogP contribution in [0.5, 0.6) is 0 Å². The fraction of sp³-hybridized carbons (Fsp3) is 0.520.